The second-order valence-corrected chi connectivity index (χ2v) is 5.25. The molecule has 1 aromatic carbocycles. The lowest BCUT2D eigenvalue weighted by molar-refractivity contribution is -0.384. The van der Waals surface area contributed by atoms with Crippen molar-refractivity contribution in [1.82, 2.24) is 4.90 Å². The van der Waals surface area contributed by atoms with E-state index in [4.69, 9.17) is 0 Å². The maximum Gasteiger partial charge on any atom is 0.295 e. The number of rotatable bonds is 4. The van der Waals surface area contributed by atoms with Crippen molar-refractivity contribution < 1.29 is 9.31 Å². The standard InChI is InChI=1S/C13H16FN3O2/c14-11-2-1-3-12(17(18)19)13(11)15-9-6-7-16(8-9)10-4-5-10/h1-3,9-10,15H,4-8H2. The predicted molar refractivity (Wildman–Crippen MR) is 69.7 cm³/mol. The van der Waals surface area contributed by atoms with Gasteiger partial charge in [0.2, 0.25) is 0 Å². The van der Waals surface area contributed by atoms with Gasteiger partial charge < -0.3 is 5.32 Å². The van der Waals surface area contributed by atoms with Crippen LogP contribution in [0, 0.1) is 15.9 Å². The van der Waals surface area contributed by atoms with Gasteiger partial charge >= 0.3 is 0 Å². The number of nitrogens with zero attached hydrogens (tertiary/aromatic N) is 2. The van der Waals surface area contributed by atoms with Crippen LogP contribution in [0.3, 0.4) is 0 Å². The fraction of sp³-hybridized carbons (Fsp3) is 0.538. The fourth-order valence-corrected chi connectivity index (χ4v) is 2.69. The molecule has 6 heteroatoms. The number of hydrogen-bond acceptors (Lipinski definition) is 4. The molecule has 5 nitrogen and oxygen atoms in total. The van der Waals surface area contributed by atoms with E-state index >= 15 is 0 Å². The van der Waals surface area contributed by atoms with Crippen LogP contribution in [0.2, 0.25) is 0 Å². The van der Waals surface area contributed by atoms with Gasteiger partial charge in [-0.2, -0.15) is 0 Å². The molecular weight excluding hydrogens is 249 g/mol. The molecule has 1 aromatic rings. The van der Waals surface area contributed by atoms with Gasteiger partial charge in [-0.15, -0.1) is 0 Å². The summed E-state index contributed by atoms with van der Waals surface area (Å²) in [6, 6.07) is 4.73. The highest BCUT2D eigenvalue weighted by molar-refractivity contribution is 5.62. The first-order valence-electron chi connectivity index (χ1n) is 6.58. The van der Waals surface area contributed by atoms with Crippen molar-refractivity contribution in [1.29, 1.82) is 0 Å². The van der Waals surface area contributed by atoms with Gasteiger partial charge in [-0.25, -0.2) is 4.39 Å². The molecule has 3 rings (SSSR count). The molecule has 1 aliphatic carbocycles. The van der Waals surface area contributed by atoms with Crippen molar-refractivity contribution in [2.75, 3.05) is 18.4 Å². The third kappa shape index (κ3) is 2.53. The summed E-state index contributed by atoms with van der Waals surface area (Å²) >= 11 is 0. The van der Waals surface area contributed by atoms with Gasteiger partial charge in [0.25, 0.3) is 5.69 Å². The SMILES string of the molecule is O=[N+]([O-])c1cccc(F)c1NC1CCN(C2CC2)C1. The van der Waals surface area contributed by atoms with Gasteiger partial charge in [-0.05, 0) is 25.3 Å². The molecule has 0 aromatic heterocycles. The molecular formula is C13H16FN3O2. The van der Waals surface area contributed by atoms with Crippen molar-refractivity contribution in [2.45, 2.75) is 31.3 Å². The molecule has 19 heavy (non-hydrogen) atoms. The van der Waals surface area contributed by atoms with Crippen molar-refractivity contribution >= 4 is 11.4 Å². The van der Waals surface area contributed by atoms with Gasteiger partial charge in [0.15, 0.2) is 5.82 Å². The second kappa shape index (κ2) is 4.77. The molecule has 1 saturated heterocycles. The lowest BCUT2D eigenvalue weighted by Gasteiger charge is -2.17. The molecule has 0 bridgehead atoms. The normalized spacial score (nSPS) is 23.5. The maximum atomic E-state index is 13.8. The Labute approximate surface area is 110 Å². The Morgan fingerprint density at radius 3 is 2.84 bits per heavy atom. The maximum absolute atomic E-state index is 13.8. The van der Waals surface area contributed by atoms with Crippen LogP contribution in [-0.4, -0.2) is 35.0 Å². The second-order valence-electron chi connectivity index (χ2n) is 5.25. The molecule has 0 radical (unpaired) electrons. The molecule has 2 fully saturated rings. The van der Waals surface area contributed by atoms with E-state index in [9.17, 15) is 14.5 Å². The van der Waals surface area contributed by atoms with E-state index in [0.29, 0.717) is 6.04 Å². The van der Waals surface area contributed by atoms with E-state index in [0.717, 1.165) is 19.5 Å². The number of nitrogens with one attached hydrogen (secondary N) is 1. The summed E-state index contributed by atoms with van der Waals surface area (Å²) in [7, 11) is 0. The first kappa shape index (κ1) is 12.3. The highest BCUT2D eigenvalue weighted by Gasteiger charge is 2.35. The van der Waals surface area contributed by atoms with Crippen LogP contribution < -0.4 is 5.32 Å². The van der Waals surface area contributed by atoms with E-state index in [1.807, 2.05) is 0 Å². The number of nitro benzene ring substituents is 1. The number of benzene rings is 1. The predicted octanol–water partition coefficient (Wildman–Crippen LogP) is 2.38. The number of para-hydroxylation sites is 1. The molecule has 102 valence electrons. The van der Waals surface area contributed by atoms with E-state index in [-0.39, 0.29) is 17.4 Å². The Morgan fingerprint density at radius 2 is 2.16 bits per heavy atom. The van der Waals surface area contributed by atoms with Crippen LogP contribution >= 0.6 is 0 Å². The van der Waals surface area contributed by atoms with Crippen LogP contribution in [-0.2, 0) is 0 Å². The van der Waals surface area contributed by atoms with Gasteiger partial charge in [-0.1, -0.05) is 6.07 Å². The summed E-state index contributed by atoms with van der Waals surface area (Å²) in [5.41, 5.74) is -0.167. The summed E-state index contributed by atoms with van der Waals surface area (Å²) < 4.78 is 13.8. The summed E-state index contributed by atoms with van der Waals surface area (Å²) in [6.07, 6.45) is 3.39. The average molecular weight is 265 g/mol. The van der Waals surface area contributed by atoms with Gasteiger partial charge in [0.05, 0.1) is 4.92 Å². The number of hydrogen-bond donors (Lipinski definition) is 1. The zero-order chi connectivity index (χ0) is 13.4. The number of halogens is 1. The summed E-state index contributed by atoms with van der Waals surface area (Å²) in [6.45, 7) is 1.83. The van der Waals surface area contributed by atoms with Crippen molar-refractivity contribution in [2.24, 2.45) is 0 Å². The smallest absolute Gasteiger partial charge is 0.295 e. The van der Waals surface area contributed by atoms with Crippen LogP contribution in [0.4, 0.5) is 15.8 Å². The van der Waals surface area contributed by atoms with E-state index in [1.165, 1.54) is 31.0 Å². The Hall–Kier alpha value is -1.69. The third-order valence-electron chi connectivity index (χ3n) is 3.82. The van der Waals surface area contributed by atoms with Crippen molar-refractivity contribution in [3.05, 3.63) is 34.1 Å². The Kier molecular flexibility index (Phi) is 3.10. The van der Waals surface area contributed by atoms with Gasteiger partial charge in [0, 0.05) is 31.2 Å². The molecule has 2 aliphatic rings. The molecule has 1 heterocycles. The zero-order valence-corrected chi connectivity index (χ0v) is 10.5. The highest BCUT2D eigenvalue weighted by Crippen LogP contribution is 2.33. The third-order valence-corrected chi connectivity index (χ3v) is 3.82. The van der Waals surface area contributed by atoms with Crippen molar-refractivity contribution in [3.63, 3.8) is 0 Å². The van der Waals surface area contributed by atoms with Crippen molar-refractivity contribution in [3.8, 4) is 0 Å². The van der Waals surface area contributed by atoms with E-state index in [1.54, 1.807) is 0 Å². The Balaban J connectivity index is 1.74. The molecule has 1 unspecified atom stereocenters. The molecule has 1 atom stereocenters. The van der Waals surface area contributed by atoms with Crippen LogP contribution in [0.25, 0.3) is 0 Å². The fourth-order valence-electron chi connectivity index (χ4n) is 2.69. The molecule has 0 amide bonds. The van der Waals surface area contributed by atoms with Crippen LogP contribution in [0.15, 0.2) is 18.2 Å². The summed E-state index contributed by atoms with van der Waals surface area (Å²) in [4.78, 5) is 12.8. The lowest BCUT2D eigenvalue weighted by atomic mass is 10.2. The molecule has 1 aliphatic heterocycles. The first-order valence-corrected chi connectivity index (χ1v) is 6.58. The van der Waals surface area contributed by atoms with E-state index in [2.05, 4.69) is 10.2 Å². The minimum absolute atomic E-state index is 0.0233. The molecule has 1 N–H and O–H groups in total. The topological polar surface area (TPSA) is 58.4 Å². The summed E-state index contributed by atoms with van der Waals surface area (Å²) in [5, 5.41) is 13.9. The Morgan fingerprint density at radius 1 is 1.37 bits per heavy atom. The highest BCUT2D eigenvalue weighted by atomic mass is 19.1. The quantitative estimate of drug-likeness (QED) is 0.670. The van der Waals surface area contributed by atoms with Gasteiger partial charge in [0.1, 0.15) is 5.69 Å². The van der Waals surface area contributed by atoms with Crippen LogP contribution in [0.1, 0.15) is 19.3 Å². The minimum Gasteiger partial charge on any atom is -0.373 e. The number of nitro groups is 1. The minimum atomic E-state index is -0.556. The molecule has 0 spiro atoms. The van der Waals surface area contributed by atoms with Crippen LogP contribution in [0.5, 0.6) is 0 Å². The average Bonchev–Trinajstić information content (AvgIpc) is 3.12. The number of likely N-dealkylation sites (tertiary alicyclic amines) is 1. The largest absolute Gasteiger partial charge is 0.373 e. The summed E-state index contributed by atoms with van der Waals surface area (Å²) in [5.74, 6) is -0.556. The van der Waals surface area contributed by atoms with Gasteiger partial charge in [-0.3, -0.25) is 15.0 Å². The lowest BCUT2D eigenvalue weighted by Crippen LogP contribution is -2.28. The molecule has 1 saturated carbocycles. The monoisotopic (exact) mass is 265 g/mol. The zero-order valence-electron chi connectivity index (χ0n) is 10.5. The number of anilines is 1. The van der Waals surface area contributed by atoms with E-state index < -0.39 is 10.7 Å². The Bertz CT molecular complexity index is 505. The first-order chi connectivity index (χ1) is 9.15.